The molecule has 4 nitrogen and oxygen atoms in total. The molecule has 0 amide bonds. The van der Waals surface area contributed by atoms with Gasteiger partial charge in [0, 0.05) is 11.1 Å². The van der Waals surface area contributed by atoms with Crippen LogP contribution in [0.2, 0.25) is 0 Å². The first-order valence-corrected chi connectivity index (χ1v) is 13.2. The summed E-state index contributed by atoms with van der Waals surface area (Å²) in [4.78, 5) is 24.9. The lowest BCUT2D eigenvalue weighted by Crippen LogP contribution is -2.32. The first-order chi connectivity index (χ1) is 17.7. The van der Waals surface area contributed by atoms with Crippen LogP contribution in [0.5, 0.6) is 0 Å². The molecule has 0 bridgehead atoms. The van der Waals surface area contributed by atoms with E-state index in [0.29, 0.717) is 11.3 Å². The van der Waals surface area contributed by atoms with Crippen LogP contribution in [-0.2, 0) is 19.1 Å². The molecule has 1 fully saturated rings. The van der Waals surface area contributed by atoms with Crippen molar-refractivity contribution in [1.29, 1.82) is 0 Å². The Kier molecular flexibility index (Phi) is 13.1. The second-order valence-electron chi connectivity index (χ2n) is 11.4. The zero-order valence-corrected chi connectivity index (χ0v) is 24.2. The molecule has 0 aromatic carbocycles. The van der Waals surface area contributed by atoms with Gasteiger partial charge in [0.1, 0.15) is 5.76 Å². The molecular weight excluding hydrogens is 472 g/mol. The molecular formula is C34H46O4. The molecule has 0 aromatic heterocycles. The van der Waals surface area contributed by atoms with Crippen LogP contribution in [0.15, 0.2) is 110 Å². The third-order valence-electron chi connectivity index (χ3n) is 5.86. The summed E-state index contributed by atoms with van der Waals surface area (Å²) < 4.78 is 12.0. The Morgan fingerprint density at radius 3 is 1.82 bits per heavy atom. The summed E-state index contributed by atoms with van der Waals surface area (Å²) in [6.07, 6.45) is 20.0. The summed E-state index contributed by atoms with van der Waals surface area (Å²) in [5, 5.41) is 0. The average molecular weight is 519 g/mol. The molecule has 1 aliphatic rings. The molecule has 0 saturated heterocycles. The van der Waals surface area contributed by atoms with E-state index in [4.69, 9.17) is 9.47 Å². The summed E-state index contributed by atoms with van der Waals surface area (Å²) in [7, 11) is 0. The quantitative estimate of drug-likeness (QED) is 0.140. The maximum absolute atomic E-state index is 12.8. The molecule has 0 N–H and O–H groups in total. The van der Waals surface area contributed by atoms with E-state index in [0.717, 1.165) is 31.3 Å². The summed E-state index contributed by atoms with van der Waals surface area (Å²) in [5.74, 6) is -0.00204. The van der Waals surface area contributed by atoms with E-state index in [2.05, 4.69) is 67.9 Å². The van der Waals surface area contributed by atoms with Gasteiger partial charge in [-0.1, -0.05) is 83.5 Å². The van der Waals surface area contributed by atoms with Crippen molar-refractivity contribution in [3.8, 4) is 0 Å². The lowest BCUT2D eigenvalue weighted by atomic mass is 9.86. The SMILES string of the molecule is C=C/C(=C\C=C\C(=O)/C=C/C=C(\C=C)C(C)(C)C)C(=O)C(=C)/C=C\C(=C)OC1CCC(OC(C)(C)C)CC1. The standard InChI is InChI=1S/C34H46O4/c1-11-27(15-13-17-29(35)18-14-16-28(12-2)33(5,6)7)32(36)25(3)19-20-26(4)37-30-21-23-31(24-22-30)38-34(8,9)10/h11-20,30-31H,1-4,21-24H2,5-10H3/b17-13+,18-14+,20-19-,27-15+,28-16+. The first-order valence-electron chi connectivity index (χ1n) is 13.2. The van der Waals surface area contributed by atoms with Crippen molar-refractivity contribution in [3.05, 3.63) is 110 Å². The highest BCUT2D eigenvalue weighted by molar-refractivity contribution is 6.11. The zero-order chi connectivity index (χ0) is 28.9. The Morgan fingerprint density at radius 1 is 0.763 bits per heavy atom. The van der Waals surface area contributed by atoms with Gasteiger partial charge in [0.2, 0.25) is 0 Å². The molecule has 1 saturated carbocycles. The second-order valence-corrected chi connectivity index (χ2v) is 11.4. The van der Waals surface area contributed by atoms with Crippen LogP contribution in [0.4, 0.5) is 0 Å². The Labute approximate surface area is 230 Å². The fourth-order valence-corrected chi connectivity index (χ4v) is 3.89. The first kappa shape index (κ1) is 32.8. The number of allylic oxidation sites excluding steroid dienone is 13. The number of carbonyl (C=O) groups excluding carboxylic acids is 2. The van der Waals surface area contributed by atoms with E-state index in [1.54, 1.807) is 30.4 Å². The van der Waals surface area contributed by atoms with E-state index in [1.807, 2.05) is 6.08 Å². The molecule has 0 aromatic rings. The van der Waals surface area contributed by atoms with E-state index in [-0.39, 0.29) is 40.4 Å². The van der Waals surface area contributed by atoms with Gasteiger partial charge in [0.25, 0.3) is 0 Å². The predicted octanol–water partition coefficient (Wildman–Crippen LogP) is 8.28. The second kappa shape index (κ2) is 15.2. The zero-order valence-electron chi connectivity index (χ0n) is 24.2. The van der Waals surface area contributed by atoms with Crippen LogP contribution < -0.4 is 0 Å². The third kappa shape index (κ3) is 12.8. The van der Waals surface area contributed by atoms with Crippen molar-refractivity contribution >= 4 is 11.6 Å². The van der Waals surface area contributed by atoms with Crippen LogP contribution >= 0.6 is 0 Å². The maximum atomic E-state index is 12.8. The van der Waals surface area contributed by atoms with E-state index >= 15 is 0 Å². The van der Waals surface area contributed by atoms with Crippen LogP contribution in [0.3, 0.4) is 0 Å². The number of carbonyl (C=O) groups is 2. The molecule has 1 rings (SSSR count). The molecule has 0 heterocycles. The number of Topliss-reactive ketones (excluding diaryl/α,β-unsaturated/α-hetero) is 1. The van der Waals surface area contributed by atoms with Crippen LogP contribution in [0, 0.1) is 5.41 Å². The predicted molar refractivity (Wildman–Crippen MR) is 160 cm³/mol. The Morgan fingerprint density at radius 2 is 1.32 bits per heavy atom. The minimum atomic E-state index is -0.291. The van der Waals surface area contributed by atoms with Crippen LogP contribution in [0.25, 0.3) is 0 Å². The Hall–Kier alpha value is -3.24. The van der Waals surface area contributed by atoms with Gasteiger partial charge in [0.05, 0.1) is 17.8 Å². The van der Waals surface area contributed by atoms with Crippen molar-refractivity contribution in [3.63, 3.8) is 0 Å². The number of rotatable bonds is 13. The van der Waals surface area contributed by atoms with Crippen molar-refractivity contribution in [2.75, 3.05) is 0 Å². The van der Waals surface area contributed by atoms with E-state index in [9.17, 15) is 9.59 Å². The van der Waals surface area contributed by atoms with Crippen molar-refractivity contribution in [2.24, 2.45) is 5.41 Å². The molecule has 0 radical (unpaired) electrons. The maximum Gasteiger partial charge on any atom is 0.192 e. The number of ether oxygens (including phenoxy) is 2. The molecule has 0 spiro atoms. The molecule has 38 heavy (non-hydrogen) atoms. The van der Waals surface area contributed by atoms with Gasteiger partial charge in [-0.15, -0.1) is 0 Å². The largest absolute Gasteiger partial charge is 0.491 e. The van der Waals surface area contributed by atoms with Gasteiger partial charge in [-0.2, -0.15) is 0 Å². The lowest BCUT2D eigenvalue weighted by Gasteiger charge is -2.33. The molecule has 206 valence electrons. The van der Waals surface area contributed by atoms with E-state index in [1.165, 1.54) is 24.3 Å². The Bertz CT molecular complexity index is 1040. The Balaban J connectivity index is 2.63. The molecule has 0 atom stereocenters. The van der Waals surface area contributed by atoms with Gasteiger partial charge in [0.15, 0.2) is 11.6 Å². The van der Waals surface area contributed by atoms with Crippen molar-refractivity contribution < 1.29 is 19.1 Å². The smallest absolute Gasteiger partial charge is 0.192 e. The monoisotopic (exact) mass is 518 g/mol. The number of hydrogen-bond acceptors (Lipinski definition) is 4. The average Bonchev–Trinajstić information content (AvgIpc) is 2.82. The van der Waals surface area contributed by atoms with Crippen LogP contribution in [0.1, 0.15) is 67.2 Å². The van der Waals surface area contributed by atoms with Gasteiger partial charge < -0.3 is 9.47 Å². The highest BCUT2D eigenvalue weighted by atomic mass is 16.5. The fourth-order valence-electron chi connectivity index (χ4n) is 3.89. The lowest BCUT2D eigenvalue weighted by molar-refractivity contribution is -0.112. The third-order valence-corrected chi connectivity index (χ3v) is 5.86. The molecule has 4 heteroatoms. The van der Waals surface area contributed by atoms with Gasteiger partial charge in [-0.05, 0) is 81.7 Å². The van der Waals surface area contributed by atoms with Crippen molar-refractivity contribution in [2.45, 2.75) is 85.0 Å². The van der Waals surface area contributed by atoms with E-state index < -0.39 is 0 Å². The van der Waals surface area contributed by atoms with Crippen LogP contribution in [-0.4, -0.2) is 29.4 Å². The summed E-state index contributed by atoms with van der Waals surface area (Å²) in [5.41, 5.74) is 1.44. The van der Waals surface area contributed by atoms with Gasteiger partial charge in [-0.3, -0.25) is 9.59 Å². The normalized spacial score (nSPS) is 19.6. The van der Waals surface area contributed by atoms with Gasteiger partial charge in [-0.25, -0.2) is 0 Å². The highest BCUT2D eigenvalue weighted by Crippen LogP contribution is 2.28. The fraction of sp³-hybridized carbons (Fsp3) is 0.412. The highest BCUT2D eigenvalue weighted by Gasteiger charge is 2.26. The summed E-state index contributed by atoms with van der Waals surface area (Å²) in [6, 6.07) is 0. The molecule has 0 aliphatic heterocycles. The summed E-state index contributed by atoms with van der Waals surface area (Å²) >= 11 is 0. The molecule has 0 unspecified atom stereocenters. The minimum Gasteiger partial charge on any atom is -0.491 e. The minimum absolute atomic E-state index is 0.0525. The topological polar surface area (TPSA) is 52.6 Å². The van der Waals surface area contributed by atoms with Gasteiger partial charge >= 0.3 is 0 Å². The summed E-state index contributed by atoms with van der Waals surface area (Å²) in [6.45, 7) is 27.8. The molecule has 1 aliphatic carbocycles. The van der Waals surface area contributed by atoms with Crippen molar-refractivity contribution in [1.82, 2.24) is 0 Å². The number of hydrogen-bond donors (Lipinski definition) is 0. The number of ketones is 2.